The summed E-state index contributed by atoms with van der Waals surface area (Å²) in [5.74, 6) is 0.370. The third-order valence-corrected chi connectivity index (χ3v) is 3.09. The normalized spacial score (nSPS) is 15.0. The van der Waals surface area contributed by atoms with E-state index >= 15 is 0 Å². The smallest absolute Gasteiger partial charge is 0.491 e. The van der Waals surface area contributed by atoms with Crippen molar-refractivity contribution in [3.05, 3.63) is 23.8 Å². The number of carbonyl (C=O) groups is 1. The van der Waals surface area contributed by atoms with E-state index in [2.05, 4.69) is 0 Å². The Kier molecular flexibility index (Phi) is 7.04. The van der Waals surface area contributed by atoms with E-state index in [1.54, 1.807) is 20.8 Å². The molecule has 0 bridgehead atoms. The Morgan fingerprint density at radius 3 is 2.52 bits per heavy atom. The SMILES string of the molecule is CC(C)(C)OC(=O)N1CCOc2ccc([B-](F)(F)F)cc2C1.[K+]. The summed E-state index contributed by atoms with van der Waals surface area (Å²) in [6.07, 6.45) is -0.563. The number of halogens is 3. The summed E-state index contributed by atoms with van der Waals surface area (Å²) in [5, 5.41) is 0. The van der Waals surface area contributed by atoms with Gasteiger partial charge in [0.1, 0.15) is 18.0 Å². The van der Waals surface area contributed by atoms with Crippen molar-refractivity contribution in [2.75, 3.05) is 13.2 Å². The molecule has 122 valence electrons. The molecule has 0 fully saturated rings. The second kappa shape index (κ2) is 7.78. The van der Waals surface area contributed by atoms with Gasteiger partial charge in [-0.15, -0.1) is 5.46 Å². The minimum Gasteiger partial charge on any atom is -0.491 e. The van der Waals surface area contributed by atoms with Gasteiger partial charge in [0.2, 0.25) is 0 Å². The predicted octanol–water partition coefficient (Wildman–Crippen LogP) is -0.125. The Labute approximate surface area is 176 Å². The van der Waals surface area contributed by atoms with E-state index in [0.717, 1.165) is 12.1 Å². The number of rotatable bonds is 1. The molecule has 0 aromatic heterocycles. The molecule has 4 nitrogen and oxygen atoms in total. The van der Waals surface area contributed by atoms with Crippen molar-refractivity contribution >= 4 is 18.5 Å². The van der Waals surface area contributed by atoms with Crippen molar-refractivity contribution in [1.29, 1.82) is 0 Å². The molecule has 1 aromatic rings. The zero-order valence-corrected chi connectivity index (χ0v) is 16.9. The predicted molar refractivity (Wildman–Crippen MR) is 77.3 cm³/mol. The molecule has 0 saturated carbocycles. The van der Waals surface area contributed by atoms with Crippen LogP contribution in [-0.4, -0.2) is 36.7 Å². The molecular formula is C14H18BF3KNO3. The van der Waals surface area contributed by atoms with Crippen LogP contribution in [0, 0.1) is 0 Å². The first-order chi connectivity index (χ1) is 10.1. The van der Waals surface area contributed by atoms with Gasteiger partial charge in [0.25, 0.3) is 0 Å². The number of ether oxygens (including phenoxy) is 2. The second-order valence-electron chi connectivity index (χ2n) is 6.19. The van der Waals surface area contributed by atoms with Crippen LogP contribution in [0.15, 0.2) is 18.2 Å². The third kappa shape index (κ3) is 5.97. The van der Waals surface area contributed by atoms with Gasteiger partial charge in [-0.25, -0.2) is 4.79 Å². The molecule has 0 N–H and O–H groups in total. The van der Waals surface area contributed by atoms with Crippen molar-refractivity contribution in [3.63, 3.8) is 0 Å². The number of fused-ring (bicyclic) bond motifs is 1. The maximum atomic E-state index is 12.9. The minimum atomic E-state index is -5.09. The van der Waals surface area contributed by atoms with Gasteiger partial charge in [-0.1, -0.05) is 12.1 Å². The molecule has 1 aliphatic heterocycles. The van der Waals surface area contributed by atoms with Crippen molar-refractivity contribution in [1.82, 2.24) is 4.90 Å². The quantitative estimate of drug-likeness (QED) is 0.660. The number of nitrogens with zero attached hydrogens (tertiary/aromatic N) is 1. The Morgan fingerprint density at radius 2 is 1.96 bits per heavy atom. The topological polar surface area (TPSA) is 38.8 Å². The fourth-order valence-corrected chi connectivity index (χ4v) is 2.10. The molecule has 1 heterocycles. The van der Waals surface area contributed by atoms with Crippen molar-refractivity contribution in [2.24, 2.45) is 0 Å². The van der Waals surface area contributed by atoms with Crippen LogP contribution in [0.4, 0.5) is 17.7 Å². The Morgan fingerprint density at radius 1 is 1.30 bits per heavy atom. The van der Waals surface area contributed by atoms with Crippen LogP contribution in [0.3, 0.4) is 0 Å². The first-order valence-electron chi connectivity index (χ1n) is 7.00. The van der Waals surface area contributed by atoms with Gasteiger partial charge >= 0.3 is 64.5 Å². The molecule has 0 unspecified atom stereocenters. The summed E-state index contributed by atoms with van der Waals surface area (Å²) in [7, 11) is 0. The van der Waals surface area contributed by atoms with E-state index in [-0.39, 0.29) is 71.1 Å². The number of carbonyl (C=O) groups excluding carboxylic acids is 1. The van der Waals surface area contributed by atoms with Crippen molar-refractivity contribution in [3.8, 4) is 5.75 Å². The number of amides is 1. The van der Waals surface area contributed by atoms with Gasteiger partial charge in [-0.3, -0.25) is 0 Å². The molecule has 9 heteroatoms. The molecule has 0 spiro atoms. The minimum absolute atomic E-state index is 0. The van der Waals surface area contributed by atoms with Gasteiger partial charge in [0.05, 0.1) is 13.1 Å². The summed E-state index contributed by atoms with van der Waals surface area (Å²) in [6.45, 7) is 0.617. The van der Waals surface area contributed by atoms with Crippen LogP contribution in [0.1, 0.15) is 26.3 Å². The van der Waals surface area contributed by atoms with Gasteiger partial charge in [0, 0.05) is 5.56 Å². The molecule has 0 radical (unpaired) electrons. The largest absolute Gasteiger partial charge is 1.00 e. The first kappa shape index (κ1) is 20.8. The zero-order valence-electron chi connectivity index (χ0n) is 13.7. The summed E-state index contributed by atoms with van der Waals surface area (Å²) < 4.78 is 49.2. The van der Waals surface area contributed by atoms with Crippen LogP contribution in [0.2, 0.25) is 0 Å². The van der Waals surface area contributed by atoms with Crippen LogP contribution >= 0.6 is 0 Å². The van der Waals surface area contributed by atoms with Crippen LogP contribution in [0.5, 0.6) is 5.75 Å². The monoisotopic (exact) mass is 355 g/mol. The zero-order chi connectivity index (χ0) is 16.5. The number of hydrogen-bond acceptors (Lipinski definition) is 3. The van der Waals surface area contributed by atoms with Crippen molar-refractivity contribution in [2.45, 2.75) is 32.9 Å². The Bertz CT molecular complexity index is 575. The third-order valence-electron chi connectivity index (χ3n) is 3.09. The molecule has 0 aliphatic carbocycles. The van der Waals surface area contributed by atoms with Gasteiger partial charge in [-0.05, 0) is 26.8 Å². The second-order valence-corrected chi connectivity index (χ2v) is 6.19. The summed E-state index contributed by atoms with van der Waals surface area (Å²) in [5.41, 5.74) is -1.03. The molecule has 1 amide bonds. The van der Waals surface area contributed by atoms with E-state index in [4.69, 9.17) is 9.47 Å². The Hall–Kier alpha value is -0.219. The average molecular weight is 355 g/mol. The van der Waals surface area contributed by atoms with Crippen LogP contribution in [0.25, 0.3) is 0 Å². The fraction of sp³-hybridized carbons (Fsp3) is 0.500. The molecule has 23 heavy (non-hydrogen) atoms. The van der Waals surface area contributed by atoms with E-state index in [0.29, 0.717) is 11.3 Å². The molecule has 0 saturated heterocycles. The van der Waals surface area contributed by atoms with Crippen LogP contribution < -0.4 is 61.6 Å². The standard InChI is InChI=1S/C14H18BF3NO3.K/c1-14(2,3)22-13(20)19-6-7-21-12-5-4-11(15(16,17)18)8-10(12)9-19;/h4-5,8H,6-7,9H2,1-3H3;/q-1;+1. The maximum Gasteiger partial charge on any atom is 1.00 e. The van der Waals surface area contributed by atoms with Crippen molar-refractivity contribution < 1.29 is 78.6 Å². The average Bonchev–Trinajstić information content (AvgIpc) is 2.56. The van der Waals surface area contributed by atoms with E-state index < -0.39 is 24.1 Å². The maximum absolute atomic E-state index is 12.9. The molecule has 2 rings (SSSR count). The molecule has 1 aliphatic rings. The van der Waals surface area contributed by atoms with E-state index in [1.807, 2.05) is 0 Å². The van der Waals surface area contributed by atoms with E-state index in [9.17, 15) is 17.7 Å². The number of hydrogen-bond donors (Lipinski definition) is 0. The van der Waals surface area contributed by atoms with E-state index in [1.165, 1.54) is 11.0 Å². The summed E-state index contributed by atoms with van der Waals surface area (Å²) >= 11 is 0. The molecule has 1 aromatic carbocycles. The molecular weight excluding hydrogens is 337 g/mol. The van der Waals surface area contributed by atoms with Gasteiger partial charge < -0.3 is 27.3 Å². The first-order valence-corrected chi connectivity index (χ1v) is 7.00. The van der Waals surface area contributed by atoms with Crippen LogP contribution in [-0.2, 0) is 11.3 Å². The summed E-state index contributed by atoms with van der Waals surface area (Å²) in [6, 6.07) is 3.35. The van der Waals surface area contributed by atoms with Gasteiger partial charge in [0.15, 0.2) is 0 Å². The number of benzene rings is 1. The molecule has 0 atom stereocenters. The van der Waals surface area contributed by atoms with Gasteiger partial charge in [-0.2, -0.15) is 0 Å². The fourth-order valence-electron chi connectivity index (χ4n) is 2.10. The Balaban J connectivity index is 0.00000264. The summed E-state index contributed by atoms with van der Waals surface area (Å²) in [4.78, 5) is 13.4.